The number of nitro benzene ring substituents is 1. The second-order valence-corrected chi connectivity index (χ2v) is 5.91. The molecule has 0 bridgehead atoms. The summed E-state index contributed by atoms with van der Waals surface area (Å²) in [6, 6.07) is 8.06. The van der Waals surface area contributed by atoms with Crippen LogP contribution >= 0.6 is 0 Å². The van der Waals surface area contributed by atoms with E-state index in [0.717, 1.165) is 5.56 Å². The van der Waals surface area contributed by atoms with E-state index in [1.807, 2.05) is 4.68 Å². The summed E-state index contributed by atoms with van der Waals surface area (Å²) in [5, 5.41) is 17.7. The Labute approximate surface area is 139 Å². The number of rotatable bonds is 6. The lowest BCUT2D eigenvalue weighted by atomic mass is 10.2. The first kappa shape index (κ1) is 15.9. The zero-order valence-electron chi connectivity index (χ0n) is 13.3. The van der Waals surface area contributed by atoms with E-state index < -0.39 is 4.92 Å². The highest BCUT2D eigenvalue weighted by Gasteiger charge is 2.30. The number of nitro groups is 1. The summed E-state index contributed by atoms with van der Waals surface area (Å²) in [5.41, 5.74) is 0.741. The highest BCUT2D eigenvalue weighted by molar-refractivity contribution is 6.01. The smallest absolute Gasteiger partial charge is 0.269 e. The van der Waals surface area contributed by atoms with Crippen LogP contribution in [0.2, 0.25) is 0 Å². The zero-order chi connectivity index (χ0) is 17.1. The highest BCUT2D eigenvalue weighted by Crippen LogP contribution is 2.40. The van der Waals surface area contributed by atoms with Gasteiger partial charge in [-0.05, 0) is 49.5 Å². The Kier molecular flexibility index (Phi) is 4.41. The Morgan fingerprint density at radius 3 is 2.71 bits per heavy atom. The monoisotopic (exact) mass is 326 g/mol. The molecule has 2 aromatic rings. The van der Waals surface area contributed by atoms with Crippen LogP contribution in [0.4, 0.5) is 11.5 Å². The van der Waals surface area contributed by atoms with Crippen molar-refractivity contribution in [3.8, 4) is 0 Å². The lowest BCUT2D eigenvalue weighted by Crippen LogP contribution is -2.16. The van der Waals surface area contributed by atoms with Gasteiger partial charge in [0.15, 0.2) is 0 Å². The van der Waals surface area contributed by atoms with Crippen LogP contribution in [0, 0.1) is 16.0 Å². The van der Waals surface area contributed by atoms with Gasteiger partial charge in [0, 0.05) is 24.3 Å². The van der Waals surface area contributed by atoms with Gasteiger partial charge in [-0.3, -0.25) is 14.9 Å². The Balaban J connectivity index is 1.63. The molecule has 1 saturated carbocycles. The fourth-order valence-corrected chi connectivity index (χ4v) is 2.56. The number of aromatic nitrogens is 2. The summed E-state index contributed by atoms with van der Waals surface area (Å²) in [7, 11) is 0. The van der Waals surface area contributed by atoms with Gasteiger partial charge in [-0.25, -0.2) is 4.68 Å². The summed E-state index contributed by atoms with van der Waals surface area (Å²) in [6.07, 6.45) is 7.10. The van der Waals surface area contributed by atoms with Crippen molar-refractivity contribution in [1.29, 1.82) is 0 Å². The third-order valence-electron chi connectivity index (χ3n) is 4.14. The average Bonchev–Trinajstić information content (AvgIpc) is 3.32. The lowest BCUT2D eigenvalue weighted by Gasteiger charge is -2.14. The molecule has 1 amide bonds. The molecule has 1 heterocycles. The maximum absolute atomic E-state index is 12.1. The quantitative estimate of drug-likeness (QED) is 0.500. The first-order valence-corrected chi connectivity index (χ1v) is 7.81. The Bertz CT molecular complexity index is 775. The maximum atomic E-state index is 12.1. The molecule has 124 valence electrons. The molecule has 1 aromatic heterocycles. The third-order valence-corrected chi connectivity index (χ3v) is 4.14. The maximum Gasteiger partial charge on any atom is 0.269 e. The summed E-state index contributed by atoms with van der Waals surface area (Å²) in [5.74, 6) is 1.04. The van der Waals surface area contributed by atoms with Crippen molar-refractivity contribution in [2.45, 2.75) is 25.8 Å². The number of carbonyl (C=O) groups is 1. The molecule has 1 fully saturated rings. The van der Waals surface area contributed by atoms with E-state index in [4.69, 9.17) is 0 Å². The normalized spacial score (nSPS) is 15.4. The number of benzene rings is 1. The van der Waals surface area contributed by atoms with Crippen molar-refractivity contribution in [2.24, 2.45) is 5.92 Å². The standard InChI is InChI=1S/C17H18N4O3/c1-12(14-5-6-14)20-16(10-11-18-20)19-17(22)9-4-13-2-7-15(8-3-13)21(23)24/h2-4,7-12,14H,5-6H2,1H3,(H,19,22)/b9-4+. The van der Waals surface area contributed by atoms with E-state index in [-0.39, 0.29) is 17.6 Å². The second-order valence-electron chi connectivity index (χ2n) is 5.91. The number of amides is 1. The molecular weight excluding hydrogens is 308 g/mol. The SMILES string of the molecule is CC(C1CC1)n1nccc1NC(=O)/C=C/c1ccc([N+](=O)[O-])cc1. The van der Waals surface area contributed by atoms with E-state index in [2.05, 4.69) is 17.3 Å². The van der Waals surface area contributed by atoms with Gasteiger partial charge in [-0.2, -0.15) is 5.10 Å². The van der Waals surface area contributed by atoms with Gasteiger partial charge in [0.05, 0.1) is 17.2 Å². The molecule has 1 atom stereocenters. The lowest BCUT2D eigenvalue weighted by molar-refractivity contribution is -0.384. The number of non-ortho nitro benzene ring substituents is 1. The molecule has 1 aliphatic carbocycles. The van der Waals surface area contributed by atoms with Crippen LogP contribution in [0.1, 0.15) is 31.4 Å². The molecule has 1 aromatic carbocycles. The van der Waals surface area contributed by atoms with E-state index in [1.165, 1.54) is 31.1 Å². The van der Waals surface area contributed by atoms with E-state index in [9.17, 15) is 14.9 Å². The average molecular weight is 326 g/mol. The van der Waals surface area contributed by atoms with Gasteiger partial charge in [0.2, 0.25) is 5.91 Å². The fraction of sp³-hybridized carbons (Fsp3) is 0.294. The van der Waals surface area contributed by atoms with Gasteiger partial charge in [0.1, 0.15) is 5.82 Å². The van der Waals surface area contributed by atoms with Crippen LogP contribution in [0.5, 0.6) is 0 Å². The van der Waals surface area contributed by atoms with Crippen molar-refractivity contribution in [1.82, 2.24) is 9.78 Å². The molecule has 0 radical (unpaired) electrons. The summed E-state index contributed by atoms with van der Waals surface area (Å²) in [6.45, 7) is 2.10. The molecule has 1 unspecified atom stereocenters. The third kappa shape index (κ3) is 3.68. The first-order valence-electron chi connectivity index (χ1n) is 7.81. The van der Waals surface area contributed by atoms with Gasteiger partial charge in [-0.15, -0.1) is 0 Å². The second kappa shape index (κ2) is 6.66. The van der Waals surface area contributed by atoms with E-state index in [0.29, 0.717) is 11.7 Å². The molecule has 1 N–H and O–H groups in total. The van der Waals surface area contributed by atoms with Crippen LogP contribution in [0.3, 0.4) is 0 Å². The predicted molar refractivity (Wildman–Crippen MR) is 90.4 cm³/mol. The molecule has 7 nitrogen and oxygen atoms in total. The van der Waals surface area contributed by atoms with Gasteiger partial charge < -0.3 is 5.32 Å². The summed E-state index contributed by atoms with van der Waals surface area (Å²) >= 11 is 0. The molecule has 3 rings (SSSR count). The van der Waals surface area contributed by atoms with Gasteiger partial charge in [0.25, 0.3) is 5.69 Å². The topological polar surface area (TPSA) is 90.1 Å². The van der Waals surface area contributed by atoms with Crippen molar-refractivity contribution >= 4 is 23.5 Å². The molecule has 24 heavy (non-hydrogen) atoms. The van der Waals surface area contributed by atoms with Crippen molar-refractivity contribution in [3.05, 3.63) is 58.3 Å². The molecule has 0 spiro atoms. The van der Waals surface area contributed by atoms with Crippen LogP contribution in [0.15, 0.2) is 42.6 Å². The van der Waals surface area contributed by atoms with E-state index >= 15 is 0 Å². The van der Waals surface area contributed by atoms with Crippen LogP contribution in [-0.4, -0.2) is 20.6 Å². The number of hydrogen-bond acceptors (Lipinski definition) is 4. The number of carbonyl (C=O) groups excluding carboxylic acids is 1. The van der Waals surface area contributed by atoms with Gasteiger partial charge in [-0.1, -0.05) is 0 Å². The summed E-state index contributed by atoms with van der Waals surface area (Å²) < 4.78 is 1.84. The van der Waals surface area contributed by atoms with Crippen LogP contribution in [0.25, 0.3) is 6.08 Å². The van der Waals surface area contributed by atoms with Crippen molar-refractivity contribution < 1.29 is 9.72 Å². The minimum Gasteiger partial charge on any atom is -0.307 e. The highest BCUT2D eigenvalue weighted by atomic mass is 16.6. The number of nitrogens with one attached hydrogen (secondary N) is 1. The Morgan fingerprint density at radius 1 is 1.38 bits per heavy atom. The predicted octanol–water partition coefficient (Wildman–Crippen LogP) is 3.41. The minimum atomic E-state index is -0.456. The largest absolute Gasteiger partial charge is 0.307 e. The number of nitrogens with zero attached hydrogens (tertiary/aromatic N) is 3. The zero-order valence-corrected chi connectivity index (χ0v) is 13.3. The molecule has 1 aliphatic rings. The van der Waals surface area contributed by atoms with Crippen molar-refractivity contribution in [3.63, 3.8) is 0 Å². The number of hydrogen-bond donors (Lipinski definition) is 1. The molecule has 0 saturated heterocycles. The van der Waals surface area contributed by atoms with Crippen molar-refractivity contribution in [2.75, 3.05) is 5.32 Å². The van der Waals surface area contributed by atoms with Gasteiger partial charge >= 0.3 is 0 Å². The summed E-state index contributed by atoms with van der Waals surface area (Å²) in [4.78, 5) is 22.2. The van der Waals surface area contributed by atoms with Crippen LogP contribution < -0.4 is 5.32 Å². The Morgan fingerprint density at radius 2 is 2.08 bits per heavy atom. The molecule has 7 heteroatoms. The van der Waals surface area contributed by atoms with E-state index in [1.54, 1.807) is 30.5 Å². The molecule has 0 aliphatic heterocycles. The first-order chi connectivity index (χ1) is 11.5. The minimum absolute atomic E-state index is 0.0227. The fourth-order valence-electron chi connectivity index (χ4n) is 2.56. The Hall–Kier alpha value is -2.96. The van der Waals surface area contributed by atoms with Crippen LogP contribution in [-0.2, 0) is 4.79 Å². The molecular formula is C17H18N4O3. The number of anilines is 1.